The molecule has 3 aromatic rings. The molecule has 0 bridgehead atoms. The molecule has 3 heterocycles. The van der Waals surface area contributed by atoms with Gasteiger partial charge >= 0.3 is 17.8 Å². The largest absolute Gasteiger partial charge is 0.466 e. The van der Waals surface area contributed by atoms with Crippen molar-refractivity contribution in [2.24, 2.45) is 0 Å². The van der Waals surface area contributed by atoms with Crippen molar-refractivity contribution < 1.29 is 31.9 Å². The van der Waals surface area contributed by atoms with E-state index in [0.29, 0.717) is 35.4 Å². The fourth-order valence-corrected chi connectivity index (χ4v) is 5.51. The second kappa shape index (κ2) is 10.5. The highest BCUT2D eigenvalue weighted by atomic mass is 19.4. The van der Waals surface area contributed by atoms with E-state index in [9.17, 15) is 28.0 Å². The van der Waals surface area contributed by atoms with Gasteiger partial charge in [-0.2, -0.15) is 18.4 Å². The molecular weight excluding hydrogens is 541 g/mol. The number of morpholine rings is 1. The van der Waals surface area contributed by atoms with Crippen molar-refractivity contribution in [2.75, 3.05) is 45.4 Å². The summed E-state index contributed by atoms with van der Waals surface area (Å²) in [5, 5.41) is 16.2. The lowest BCUT2D eigenvalue weighted by Crippen LogP contribution is -2.51. The molecule has 0 aliphatic carbocycles. The van der Waals surface area contributed by atoms with Gasteiger partial charge in [-0.05, 0) is 42.8 Å². The maximum Gasteiger partial charge on any atom is 0.416 e. The molecule has 1 aromatic heterocycles. The molecule has 0 radical (unpaired) electrons. The van der Waals surface area contributed by atoms with Gasteiger partial charge in [0.2, 0.25) is 5.95 Å². The fraction of sp³-hybridized carbons (Fsp3) is 0.357. The first-order valence-corrected chi connectivity index (χ1v) is 12.8. The Morgan fingerprint density at radius 1 is 1.24 bits per heavy atom. The monoisotopic (exact) mass is 569 g/mol. The van der Waals surface area contributed by atoms with E-state index in [2.05, 4.69) is 23.3 Å². The van der Waals surface area contributed by atoms with Gasteiger partial charge in [0.15, 0.2) is 0 Å². The number of aromatic amines is 1. The molecule has 1 fully saturated rings. The smallest absolute Gasteiger partial charge is 0.416 e. The summed E-state index contributed by atoms with van der Waals surface area (Å²) in [5.74, 6) is -0.753. The lowest BCUT2D eigenvalue weighted by Gasteiger charge is -2.39. The standard InChI is InChI=1S/C28H27F3N6O4/c1-17-23(25(38)40-3)24(22-8-7-18(15-32)13-19(22)16-37(2)9-11-41-12-10-37)36-26(33-34-27(36)39)35(17)21-6-4-5-20(14-21)28(29,30)31/h4-8,13-14,24H,9-12,16H2,1-3H3/p+1/t24-/m1/s1. The van der Waals surface area contributed by atoms with Gasteiger partial charge in [0.05, 0.1) is 50.1 Å². The van der Waals surface area contributed by atoms with Crippen molar-refractivity contribution in [3.63, 3.8) is 0 Å². The number of allylic oxidation sites excluding steroid dienone is 1. The number of alkyl halides is 3. The number of rotatable bonds is 5. The highest BCUT2D eigenvalue weighted by Gasteiger charge is 2.41. The number of ether oxygens (including phenoxy) is 2. The molecule has 214 valence electrons. The molecule has 41 heavy (non-hydrogen) atoms. The molecule has 2 aromatic carbocycles. The first kappa shape index (κ1) is 28.1. The zero-order valence-corrected chi connectivity index (χ0v) is 22.7. The van der Waals surface area contributed by atoms with Crippen LogP contribution in [0.5, 0.6) is 0 Å². The Morgan fingerprint density at radius 2 is 1.98 bits per heavy atom. The molecule has 10 nitrogen and oxygen atoms in total. The second-order valence-corrected chi connectivity index (χ2v) is 10.3. The van der Waals surface area contributed by atoms with Gasteiger partial charge in [-0.25, -0.2) is 19.3 Å². The maximum atomic E-state index is 13.6. The van der Waals surface area contributed by atoms with E-state index in [0.717, 1.165) is 30.8 Å². The Labute approximate surface area is 233 Å². The number of anilines is 2. The number of benzene rings is 2. The number of H-pyrrole nitrogens is 1. The first-order chi connectivity index (χ1) is 19.5. The van der Waals surface area contributed by atoms with Crippen molar-refractivity contribution in [1.82, 2.24) is 14.8 Å². The van der Waals surface area contributed by atoms with Crippen LogP contribution in [-0.2, 0) is 27.0 Å². The number of fused-ring (bicyclic) bond motifs is 1. The highest BCUT2D eigenvalue weighted by molar-refractivity contribution is 5.93. The minimum absolute atomic E-state index is 0.00607. The molecule has 0 amide bonds. The zero-order valence-electron chi connectivity index (χ0n) is 22.7. The maximum absolute atomic E-state index is 13.6. The van der Waals surface area contributed by atoms with E-state index in [1.165, 1.54) is 28.7 Å². The molecule has 1 N–H and O–H groups in total. The van der Waals surface area contributed by atoms with E-state index in [4.69, 9.17) is 9.47 Å². The Kier molecular flexibility index (Phi) is 7.23. The van der Waals surface area contributed by atoms with Crippen LogP contribution in [0.2, 0.25) is 0 Å². The van der Waals surface area contributed by atoms with Crippen LogP contribution in [0.4, 0.5) is 24.8 Å². The summed E-state index contributed by atoms with van der Waals surface area (Å²) in [7, 11) is 3.26. The molecule has 0 unspecified atom stereocenters. The van der Waals surface area contributed by atoms with Crippen molar-refractivity contribution >= 4 is 17.6 Å². The van der Waals surface area contributed by atoms with Crippen LogP contribution in [0, 0.1) is 11.3 Å². The Balaban J connectivity index is 1.74. The lowest BCUT2D eigenvalue weighted by molar-refractivity contribution is -0.929. The van der Waals surface area contributed by atoms with Crippen LogP contribution in [0.3, 0.4) is 0 Å². The van der Waals surface area contributed by atoms with Crippen LogP contribution in [-0.4, -0.2) is 65.7 Å². The number of likely N-dealkylation sites (N-methyl/N-ethyl adjacent to an activating group) is 1. The quantitative estimate of drug-likeness (QED) is 0.369. The third-order valence-corrected chi connectivity index (χ3v) is 7.65. The van der Waals surface area contributed by atoms with Gasteiger partial charge in [0.1, 0.15) is 25.7 Å². The second-order valence-electron chi connectivity index (χ2n) is 10.3. The number of nitriles is 1. The molecule has 2 aliphatic heterocycles. The normalized spacial score (nSPS) is 18.6. The average Bonchev–Trinajstić information content (AvgIpc) is 3.32. The molecule has 1 atom stereocenters. The number of carbonyl (C=O) groups excluding carboxylic acids is 1. The van der Waals surface area contributed by atoms with Crippen molar-refractivity contribution in [3.8, 4) is 6.07 Å². The summed E-state index contributed by atoms with van der Waals surface area (Å²) in [6, 6.07) is 10.7. The predicted molar refractivity (Wildman–Crippen MR) is 141 cm³/mol. The van der Waals surface area contributed by atoms with Crippen LogP contribution < -0.4 is 10.6 Å². The van der Waals surface area contributed by atoms with Crippen LogP contribution in [0.25, 0.3) is 0 Å². The minimum atomic E-state index is -4.61. The molecular formula is C28H28F3N6O4+. The third kappa shape index (κ3) is 5.12. The van der Waals surface area contributed by atoms with Gasteiger partial charge in [-0.3, -0.25) is 4.90 Å². The predicted octanol–water partition coefficient (Wildman–Crippen LogP) is 3.63. The average molecular weight is 570 g/mol. The molecule has 1 saturated heterocycles. The van der Waals surface area contributed by atoms with Crippen molar-refractivity contribution in [2.45, 2.75) is 25.7 Å². The Morgan fingerprint density at radius 3 is 2.63 bits per heavy atom. The van der Waals surface area contributed by atoms with Crippen LogP contribution >= 0.6 is 0 Å². The summed E-state index contributed by atoms with van der Waals surface area (Å²) < 4.78 is 53.3. The SMILES string of the molecule is COC(=O)C1=C(C)N(c2cccc(C(F)(F)F)c2)c2n[nH]c(=O)n2[C@@H]1c1ccc(C#N)cc1C[N+]1(C)CCOCC1. The Hall–Kier alpha value is -4.41. The number of quaternary nitrogens is 1. The number of hydrogen-bond acceptors (Lipinski definition) is 7. The summed E-state index contributed by atoms with van der Waals surface area (Å²) in [6.45, 7) is 4.63. The fourth-order valence-electron chi connectivity index (χ4n) is 5.51. The molecule has 0 spiro atoms. The summed E-state index contributed by atoms with van der Waals surface area (Å²) >= 11 is 0. The summed E-state index contributed by atoms with van der Waals surface area (Å²) in [6.07, 6.45) is -4.61. The number of carbonyl (C=O) groups is 1. The number of aromatic nitrogens is 3. The first-order valence-electron chi connectivity index (χ1n) is 12.8. The summed E-state index contributed by atoms with van der Waals surface area (Å²) in [5.41, 5.74) is 0.506. The Bertz CT molecular complexity index is 1630. The van der Waals surface area contributed by atoms with Crippen LogP contribution in [0.1, 0.15) is 35.2 Å². The van der Waals surface area contributed by atoms with E-state index in [1.54, 1.807) is 25.1 Å². The third-order valence-electron chi connectivity index (χ3n) is 7.65. The van der Waals surface area contributed by atoms with Gasteiger partial charge in [0, 0.05) is 16.9 Å². The zero-order chi connectivity index (χ0) is 29.5. The van der Waals surface area contributed by atoms with E-state index >= 15 is 0 Å². The number of esters is 1. The van der Waals surface area contributed by atoms with Gasteiger partial charge in [0.25, 0.3) is 0 Å². The van der Waals surface area contributed by atoms with E-state index in [-0.39, 0.29) is 22.9 Å². The molecule has 0 saturated carbocycles. The van der Waals surface area contributed by atoms with Gasteiger partial charge in [-0.1, -0.05) is 12.1 Å². The van der Waals surface area contributed by atoms with Crippen molar-refractivity contribution in [3.05, 3.63) is 86.5 Å². The molecule has 13 heteroatoms. The number of halogens is 3. The lowest BCUT2D eigenvalue weighted by atomic mass is 9.89. The molecule has 5 rings (SSSR count). The van der Waals surface area contributed by atoms with Gasteiger partial charge in [-0.15, -0.1) is 5.10 Å². The number of methoxy groups -OCH3 is 1. The number of nitrogens with one attached hydrogen (secondary N) is 1. The summed E-state index contributed by atoms with van der Waals surface area (Å²) in [4.78, 5) is 28.0. The van der Waals surface area contributed by atoms with Crippen molar-refractivity contribution in [1.29, 1.82) is 5.26 Å². The van der Waals surface area contributed by atoms with Crippen LogP contribution in [0.15, 0.2) is 58.5 Å². The van der Waals surface area contributed by atoms with Gasteiger partial charge < -0.3 is 14.0 Å². The van der Waals surface area contributed by atoms with E-state index < -0.39 is 29.4 Å². The number of nitrogens with zero attached hydrogens (tertiary/aromatic N) is 5. The van der Waals surface area contributed by atoms with E-state index in [1.807, 2.05) is 0 Å². The number of hydrogen-bond donors (Lipinski definition) is 1. The molecule has 2 aliphatic rings. The highest BCUT2D eigenvalue weighted by Crippen LogP contribution is 2.44. The minimum Gasteiger partial charge on any atom is -0.466 e. The topological polar surface area (TPSA) is 113 Å².